The third-order valence-electron chi connectivity index (χ3n) is 3.36. The van der Waals surface area contributed by atoms with Gasteiger partial charge in [0.25, 0.3) is 0 Å². The van der Waals surface area contributed by atoms with E-state index in [1.165, 1.54) is 19.2 Å². The zero-order chi connectivity index (χ0) is 14.5. The highest BCUT2D eigenvalue weighted by Crippen LogP contribution is 2.30. The van der Waals surface area contributed by atoms with Crippen LogP contribution in [0.25, 0.3) is 11.2 Å². The Bertz CT molecular complexity index is 575. The molecule has 20 heavy (non-hydrogen) atoms. The highest BCUT2D eigenvalue weighted by Gasteiger charge is 2.20. The Kier molecular flexibility index (Phi) is 5.74. The summed E-state index contributed by atoms with van der Waals surface area (Å²) in [5, 5.41) is 9.65. The molecule has 2 aromatic rings. The van der Waals surface area contributed by atoms with Crippen molar-refractivity contribution in [2.45, 2.75) is 45.1 Å². The standard InChI is InChI=1S/C13H18BrClN4O/c1-2-3-4-5-9(6-7-20)19-12-10(18-13(19)14)11(15)16-8-17-12/h8-9,20H,2-7H2,1H3. The molecule has 1 N–H and O–H groups in total. The monoisotopic (exact) mass is 360 g/mol. The number of rotatable bonds is 7. The number of unbranched alkanes of at least 4 members (excludes halogenated alkanes) is 2. The van der Waals surface area contributed by atoms with Crippen LogP contribution < -0.4 is 0 Å². The van der Waals surface area contributed by atoms with Crippen molar-refractivity contribution in [2.75, 3.05) is 6.61 Å². The average molecular weight is 362 g/mol. The molecule has 0 spiro atoms. The number of aliphatic hydroxyl groups is 1. The second-order valence-electron chi connectivity index (χ2n) is 4.75. The third-order valence-corrected chi connectivity index (χ3v) is 4.19. The summed E-state index contributed by atoms with van der Waals surface area (Å²) >= 11 is 9.52. The topological polar surface area (TPSA) is 63.8 Å². The first-order valence-electron chi connectivity index (χ1n) is 6.83. The molecule has 7 heteroatoms. The van der Waals surface area contributed by atoms with Gasteiger partial charge in [-0.05, 0) is 28.8 Å². The lowest BCUT2D eigenvalue weighted by atomic mass is 10.1. The van der Waals surface area contributed by atoms with E-state index < -0.39 is 0 Å². The van der Waals surface area contributed by atoms with Crippen LogP contribution in [-0.2, 0) is 0 Å². The molecule has 2 aromatic heterocycles. The van der Waals surface area contributed by atoms with E-state index in [9.17, 15) is 5.11 Å². The summed E-state index contributed by atoms with van der Waals surface area (Å²) in [7, 11) is 0. The number of halogens is 2. The van der Waals surface area contributed by atoms with Crippen molar-refractivity contribution >= 4 is 38.7 Å². The van der Waals surface area contributed by atoms with E-state index in [-0.39, 0.29) is 12.6 Å². The first-order valence-corrected chi connectivity index (χ1v) is 8.00. The van der Waals surface area contributed by atoms with Gasteiger partial charge in [-0.3, -0.25) is 4.57 Å². The summed E-state index contributed by atoms with van der Waals surface area (Å²) < 4.78 is 2.69. The van der Waals surface area contributed by atoms with E-state index in [0.717, 1.165) is 12.8 Å². The number of aliphatic hydroxyl groups excluding tert-OH is 1. The Hall–Kier alpha value is -0.720. The normalized spacial score (nSPS) is 13.0. The minimum absolute atomic E-state index is 0.141. The summed E-state index contributed by atoms with van der Waals surface area (Å²) in [6.45, 7) is 2.32. The molecule has 0 amide bonds. The zero-order valence-corrected chi connectivity index (χ0v) is 13.7. The minimum atomic E-state index is 0.141. The molecular weight excluding hydrogens is 344 g/mol. The molecule has 0 aliphatic carbocycles. The number of fused-ring (bicyclic) bond motifs is 1. The van der Waals surface area contributed by atoms with Gasteiger partial charge in [-0.1, -0.05) is 37.8 Å². The van der Waals surface area contributed by atoms with E-state index in [4.69, 9.17) is 11.6 Å². The number of aromatic nitrogens is 4. The van der Waals surface area contributed by atoms with Crippen LogP contribution in [0.1, 0.15) is 45.1 Å². The van der Waals surface area contributed by atoms with Crippen molar-refractivity contribution in [2.24, 2.45) is 0 Å². The van der Waals surface area contributed by atoms with Crippen molar-refractivity contribution < 1.29 is 5.11 Å². The van der Waals surface area contributed by atoms with Gasteiger partial charge in [-0.15, -0.1) is 0 Å². The van der Waals surface area contributed by atoms with Gasteiger partial charge >= 0.3 is 0 Å². The Balaban J connectivity index is 2.36. The lowest BCUT2D eigenvalue weighted by Crippen LogP contribution is -2.12. The van der Waals surface area contributed by atoms with E-state index >= 15 is 0 Å². The molecule has 0 aliphatic heterocycles. The predicted molar refractivity (Wildman–Crippen MR) is 82.9 cm³/mol. The van der Waals surface area contributed by atoms with Crippen LogP contribution >= 0.6 is 27.5 Å². The van der Waals surface area contributed by atoms with E-state index in [2.05, 4.69) is 37.8 Å². The van der Waals surface area contributed by atoms with E-state index in [0.29, 0.717) is 27.5 Å². The van der Waals surface area contributed by atoms with Crippen LogP contribution in [0.4, 0.5) is 0 Å². The van der Waals surface area contributed by atoms with Crippen molar-refractivity contribution in [1.29, 1.82) is 0 Å². The highest BCUT2D eigenvalue weighted by molar-refractivity contribution is 9.10. The van der Waals surface area contributed by atoms with Gasteiger partial charge in [0.2, 0.25) is 0 Å². The minimum Gasteiger partial charge on any atom is -0.396 e. The molecule has 0 saturated heterocycles. The van der Waals surface area contributed by atoms with Gasteiger partial charge in [0.1, 0.15) is 11.8 Å². The van der Waals surface area contributed by atoms with Crippen LogP contribution in [-0.4, -0.2) is 31.2 Å². The summed E-state index contributed by atoms with van der Waals surface area (Å²) in [5.74, 6) is 0. The SMILES string of the molecule is CCCCCC(CCO)n1c(Br)nc2c(Cl)ncnc21. The molecule has 5 nitrogen and oxygen atoms in total. The fraction of sp³-hybridized carbons (Fsp3) is 0.615. The number of hydrogen-bond acceptors (Lipinski definition) is 4. The number of nitrogens with zero attached hydrogens (tertiary/aromatic N) is 4. The third kappa shape index (κ3) is 3.30. The largest absolute Gasteiger partial charge is 0.396 e. The molecule has 0 fully saturated rings. The Labute approximate surface area is 131 Å². The fourth-order valence-electron chi connectivity index (χ4n) is 2.36. The molecule has 0 saturated carbocycles. The molecule has 0 aromatic carbocycles. The first-order chi connectivity index (χ1) is 9.69. The van der Waals surface area contributed by atoms with Crippen molar-refractivity contribution in [3.05, 3.63) is 16.2 Å². The number of hydrogen-bond donors (Lipinski definition) is 1. The molecule has 0 aliphatic rings. The fourth-order valence-corrected chi connectivity index (χ4v) is 3.17. The van der Waals surface area contributed by atoms with E-state index in [1.54, 1.807) is 0 Å². The van der Waals surface area contributed by atoms with Gasteiger partial charge in [0.15, 0.2) is 15.5 Å². The van der Waals surface area contributed by atoms with Gasteiger partial charge < -0.3 is 5.11 Å². The van der Waals surface area contributed by atoms with Crippen LogP contribution in [0.5, 0.6) is 0 Å². The van der Waals surface area contributed by atoms with Gasteiger partial charge in [0, 0.05) is 12.6 Å². The molecule has 0 radical (unpaired) electrons. The van der Waals surface area contributed by atoms with Gasteiger partial charge in [0.05, 0.1) is 0 Å². The lowest BCUT2D eigenvalue weighted by molar-refractivity contribution is 0.250. The highest BCUT2D eigenvalue weighted by atomic mass is 79.9. The molecule has 0 bridgehead atoms. The Morgan fingerprint density at radius 2 is 2.15 bits per heavy atom. The van der Waals surface area contributed by atoms with Crippen LogP contribution in [0.15, 0.2) is 11.1 Å². The summed E-state index contributed by atoms with van der Waals surface area (Å²) in [6, 6.07) is 0.164. The van der Waals surface area contributed by atoms with Crippen molar-refractivity contribution in [3.8, 4) is 0 Å². The van der Waals surface area contributed by atoms with Crippen LogP contribution in [0.3, 0.4) is 0 Å². The smallest absolute Gasteiger partial charge is 0.179 e. The molecule has 1 atom stereocenters. The summed E-state index contributed by atoms with van der Waals surface area (Å²) in [4.78, 5) is 12.6. The average Bonchev–Trinajstić information content (AvgIpc) is 2.76. The van der Waals surface area contributed by atoms with E-state index in [1.807, 2.05) is 4.57 Å². The van der Waals surface area contributed by atoms with Crippen LogP contribution in [0, 0.1) is 0 Å². The van der Waals surface area contributed by atoms with Gasteiger partial charge in [-0.25, -0.2) is 15.0 Å². The Morgan fingerprint density at radius 3 is 2.85 bits per heavy atom. The second-order valence-corrected chi connectivity index (χ2v) is 5.82. The maximum absolute atomic E-state index is 9.30. The Morgan fingerprint density at radius 1 is 1.35 bits per heavy atom. The molecular formula is C13H18BrClN4O. The summed E-state index contributed by atoms with van der Waals surface area (Å²) in [6.07, 6.45) is 6.58. The maximum atomic E-state index is 9.30. The van der Waals surface area contributed by atoms with Crippen molar-refractivity contribution in [1.82, 2.24) is 19.5 Å². The predicted octanol–water partition coefficient (Wildman–Crippen LogP) is 3.75. The van der Waals surface area contributed by atoms with Crippen LogP contribution in [0.2, 0.25) is 5.15 Å². The molecule has 110 valence electrons. The zero-order valence-electron chi connectivity index (χ0n) is 11.4. The van der Waals surface area contributed by atoms with Gasteiger partial charge in [-0.2, -0.15) is 0 Å². The maximum Gasteiger partial charge on any atom is 0.179 e. The first kappa shape index (κ1) is 15.7. The summed E-state index contributed by atoms with van der Waals surface area (Å²) in [5.41, 5.74) is 1.31. The number of imidazole rings is 1. The quantitative estimate of drug-likeness (QED) is 0.463. The molecule has 1 unspecified atom stereocenters. The lowest BCUT2D eigenvalue weighted by Gasteiger charge is -2.19. The van der Waals surface area contributed by atoms with Crippen molar-refractivity contribution in [3.63, 3.8) is 0 Å². The second kappa shape index (κ2) is 7.33. The molecule has 2 heterocycles. The molecule has 2 rings (SSSR count).